The largest absolute Gasteiger partial charge is 0.496 e. The van der Waals surface area contributed by atoms with Crippen molar-refractivity contribution >= 4 is 11.6 Å². The molecule has 1 fully saturated rings. The molecule has 2 rings (SSSR count). The summed E-state index contributed by atoms with van der Waals surface area (Å²) in [6.07, 6.45) is 5.01. The third-order valence-electron chi connectivity index (χ3n) is 3.76. The van der Waals surface area contributed by atoms with E-state index in [0.29, 0.717) is 6.04 Å². The molecule has 0 saturated carbocycles. The molecule has 1 heterocycles. The quantitative estimate of drug-likeness (QED) is 0.755. The maximum atomic E-state index is 5.91. The standard InChI is InChI=1S/C15H22ClNO/c1-18-15-8-3-2-6-13(15)12-17-11-5-4-7-14(17)9-10-16/h2-3,6,8,14H,4-5,7,9-12H2,1H3. The molecule has 1 aromatic rings. The number of halogens is 1. The summed E-state index contributed by atoms with van der Waals surface area (Å²) < 4.78 is 5.43. The number of rotatable bonds is 5. The number of likely N-dealkylation sites (tertiary alicyclic amines) is 1. The maximum Gasteiger partial charge on any atom is 0.123 e. The lowest BCUT2D eigenvalue weighted by atomic mass is 9.99. The number of nitrogens with zero attached hydrogens (tertiary/aromatic N) is 1. The van der Waals surface area contributed by atoms with E-state index in [0.717, 1.165) is 24.6 Å². The van der Waals surface area contributed by atoms with Crippen LogP contribution in [0, 0.1) is 0 Å². The fourth-order valence-corrected chi connectivity index (χ4v) is 3.03. The zero-order chi connectivity index (χ0) is 12.8. The highest BCUT2D eigenvalue weighted by Crippen LogP contribution is 2.25. The fourth-order valence-electron chi connectivity index (χ4n) is 2.77. The first kappa shape index (κ1) is 13.7. The molecule has 0 aromatic heterocycles. The normalized spacial score (nSPS) is 20.9. The minimum atomic E-state index is 0.640. The van der Waals surface area contributed by atoms with E-state index in [1.54, 1.807) is 7.11 Å². The molecule has 1 saturated heterocycles. The SMILES string of the molecule is COc1ccccc1CN1CCCCC1CCCl. The predicted octanol–water partition coefficient (Wildman–Crippen LogP) is 3.68. The second-order valence-electron chi connectivity index (χ2n) is 4.91. The molecule has 18 heavy (non-hydrogen) atoms. The van der Waals surface area contributed by atoms with Crippen LogP contribution >= 0.6 is 11.6 Å². The Morgan fingerprint density at radius 1 is 1.33 bits per heavy atom. The molecule has 100 valence electrons. The summed E-state index contributed by atoms with van der Waals surface area (Å²) in [6, 6.07) is 8.94. The summed E-state index contributed by atoms with van der Waals surface area (Å²) in [6.45, 7) is 2.16. The summed E-state index contributed by atoms with van der Waals surface area (Å²) in [5.41, 5.74) is 1.28. The lowest BCUT2D eigenvalue weighted by Gasteiger charge is -2.35. The number of hydrogen-bond donors (Lipinski definition) is 0. The Balaban J connectivity index is 2.05. The first-order valence-corrected chi connectivity index (χ1v) is 7.30. The van der Waals surface area contributed by atoms with Crippen LogP contribution in [0.1, 0.15) is 31.2 Å². The third kappa shape index (κ3) is 3.39. The van der Waals surface area contributed by atoms with Crippen LogP contribution in [0.25, 0.3) is 0 Å². The number of hydrogen-bond acceptors (Lipinski definition) is 2. The average Bonchev–Trinajstić information content (AvgIpc) is 2.42. The van der Waals surface area contributed by atoms with Gasteiger partial charge in [-0.3, -0.25) is 4.90 Å². The predicted molar refractivity (Wildman–Crippen MR) is 76.4 cm³/mol. The van der Waals surface area contributed by atoms with Crippen LogP contribution in [0.5, 0.6) is 5.75 Å². The minimum Gasteiger partial charge on any atom is -0.496 e. The molecule has 1 aliphatic heterocycles. The van der Waals surface area contributed by atoms with E-state index in [4.69, 9.17) is 16.3 Å². The first-order valence-electron chi connectivity index (χ1n) is 6.77. The molecule has 0 aliphatic carbocycles. The molecule has 0 bridgehead atoms. The topological polar surface area (TPSA) is 12.5 Å². The Hall–Kier alpha value is -0.730. The van der Waals surface area contributed by atoms with E-state index in [1.807, 2.05) is 12.1 Å². The van der Waals surface area contributed by atoms with E-state index < -0.39 is 0 Å². The zero-order valence-corrected chi connectivity index (χ0v) is 11.8. The summed E-state index contributed by atoms with van der Waals surface area (Å²) in [5, 5.41) is 0. The Morgan fingerprint density at radius 2 is 2.17 bits per heavy atom. The van der Waals surface area contributed by atoms with Gasteiger partial charge in [-0.2, -0.15) is 0 Å². The number of para-hydroxylation sites is 1. The van der Waals surface area contributed by atoms with Gasteiger partial charge in [0.05, 0.1) is 7.11 Å². The molecule has 1 aliphatic rings. The van der Waals surface area contributed by atoms with Gasteiger partial charge in [-0.15, -0.1) is 11.6 Å². The first-order chi connectivity index (χ1) is 8.85. The highest BCUT2D eigenvalue weighted by molar-refractivity contribution is 6.17. The summed E-state index contributed by atoms with van der Waals surface area (Å²) in [7, 11) is 1.74. The molecule has 1 unspecified atom stereocenters. The number of benzene rings is 1. The Morgan fingerprint density at radius 3 is 2.94 bits per heavy atom. The third-order valence-corrected chi connectivity index (χ3v) is 3.98. The van der Waals surface area contributed by atoms with Crippen LogP contribution in [0.2, 0.25) is 0 Å². The van der Waals surface area contributed by atoms with Crippen molar-refractivity contribution in [3.05, 3.63) is 29.8 Å². The Labute approximate surface area is 115 Å². The Bertz CT molecular complexity index is 367. The van der Waals surface area contributed by atoms with Gasteiger partial charge < -0.3 is 4.74 Å². The van der Waals surface area contributed by atoms with Crippen molar-refractivity contribution in [3.8, 4) is 5.75 Å². The molecular formula is C15H22ClNO. The molecule has 0 N–H and O–H groups in total. The van der Waals surface area contributed by atoms with Crippen LogP contribution in [0.4, 0.5) is 0 Å². The second kappa shape index (κ2) is 7.01. The van der Waals surface area contributed by atoms with Gasteiger partial charge in [0.25, 0.3) is 0 Å². The second-order valence-corrected chi connectivity index (χ2v) is 5.29. The molecule has 1 atom stereocenters. The number of piperidine rings is 1. The highest BCUT2D eigenvalue weighted by atomic mass is 35.5. The lowest BCUT2D eigenvalue weighted by Crippen LogP contribution is -2.39. The van der Waals surface area contributed by atoms with Crippen molar-refractivity contribution in [2.75, 3.05) is 19.5 Å². The zero-order valence-electron chi connectivity index (χ0n) is 11.1. The Kier molecular flexibility index (Phi) is 5.33. The molecule has 0 radical (unpaired) electrons. The van der Waals surface area contributed by atoms with E-state index >= 15 is 0 Å². The van der Waals surface area contributed by atoms with Gasteiger partial charge in [0, 0.05) is 24.0 Å². The van der Waals surface area contributed by atoms with Gasteiger partial charge in [-0.1, -0.05) is 24.6 Å². The maximum absolute atomic E-state index is 5.91. The van der Waals surface area contributed by atoms with Gasteiger partial charge in [0.15, 0.2) is 0 Å². The fraction of sp³-hybridized carbons (Fsp3) is 0.600. The van der Waals surface area contributed by atoms with Gasteiger partial charge in [-0.05, 0) is 31.9 Å². The summed E-state index contributed by atoms with van der Waals surface area (Å²) >= 11 is 5.91. The van der Waals surface area contributed by atoms with Gasteiger partial charge in [0.1, 0.15) is 5.75 Å². The van der Waals surface area contributed by atoms with Gasteiger partial charge in [0.2, 0.25) is 0 Å². The molecule has 3 heteroatoms. The number of ether oxygens (including phenoxy) is 1. The molecule has 0 amide bonds. The van der Waals surface area contributed by atoms with Crippen LogP contribution in [0.15, 0.2) is 24.3 Å². The van der Waals surface area contributed by atoms with Crippen molar-refractivity contribution in [1.82, 2.24) is 4.90 Å². The van der Waals surface area contributed by atoms with Crippen LogP contribution in [0.3, 0.4) is 0 Å². The number of alkyl halides is 1. The average molecular weight is 268 g/mol. The molecule has 2 nitrogen and oxygen atoms in total. The lowest BCUT2D eigenvalue weighted by molar-refractivity contribution is 0.135. The summed E-state index contributed by atoms with van der Waals surface area (Å²) in [5.74, 6) is 1.75. The minimum absolute atomic E-state index is 0.640. The van der Waals surface area contributed by atoms with Crippen LogP contribution in [-0.4, -0.2) is 30.5 Å². The van der Waals surface area contributed by atoms with E-state index in [-0.39, 0.29) is 0 Å². The molecule has 0 spiro atoms. The molecular weight excluding hydrogens is 246 g/mol. The monoisotopic (exact) mass is 267 g/mol. The molecule has 1 aromatic carbocycles. The van der Waals surface area contributed by atoms with Crippen molar-refractivity contribution < 1.29 is 4.74 Å². The van der Waals surface area contributed by atoms with Crippen molar-refractivity contribution in [1.29, 1.82) is 0 Å². The van der Waals surface area contributed by atoms with Crippen molar-refractivity contribution in [3.63, 3.8) is 0 Å². The van der Waals surface area contributed by atoms with Gasteiger partial charge >= 0.3 is 0 Å². The van der Waals surface area contributed by atoms with Crippen LogP contribution in [-0.2, 0) is 6.54 Å². The van der Waals surface area contributed by atoms with E-state index in [9.17, 15) is 0 Å². The summed E-state index contributed by atoms with van der Waals surface area (Å²) in [4.78, 5) is 2.56. The number of methoxy groups -OCH3 is 1. The highest BCUT2D eigenvalue weighted by Gasteiger charge is 2.22. The van der Waals surface area contributed by atoms with Crippen molar-refractivity contribution in [2.45, 2.75) is 38.3 Å². The smallest absolute Gasteiger partial charge is 0.123 e. The van der Waals surface area contributed by atoms with Gasteiger partial charge in [-0.25, -0.2) is 0 Å². The van der Waals surface area contributed by atoms with E-state index in [1.165, 1.54) is 31.4 Å². The van der Waals surface area contributed by atoms with E-state index in [2.05, 4.69) is 17.0 Å². The van der Waals surface area contributed by atoms with Crippen molar-refractivity contribution in [2.24, 2.45) is 0 Å². The van der Waals surface area contributed by atoms with Crippen LogP contribution < -0.4 is 4.74 Å².